The highest BCUT2D eigenvalue weighted by Gasteiger charge is 2.18. The van der Waals surface area contributed by atoms with Crippen molar-refractivity contribution in [1.29, 1.82) is 0 Å². The van der Waals surface area contributed by atoms with Crippen LogP contribution in [0.5, 0.6) is 0 Å². The van der Waals surface area contributed by atoms with E-state index < -0.39 is 0 Å². The maximum absolute atomic E-state index is 5.01. The number of benzene rings is 7. The monoisotopic (exact) mass is 773 g/mol. The highest BCUT2D eigenvalue weighted by Crippen LogP contribution is 2.39. The van der Waals surface area contributed by atoms with Crippen LogP contribution in [0.2, 0.25) is 0 Å². The van der Waals surface area contributed by atoms with Crippen LogP contribution in [0, 0.1) is 0 Å². The number of aromatic nitrogens is 5. The fourth-order valence-electron chi connectivity index (χ4n) is 8.94. The lowest BCUT2D eigenvalue weighted by Gasteiger charge is -2.12. The molecule has 10 aromatic rings. The summed E-state index contributed by atoms with van der Waals surface area (Å²) in [6.07, 6.45) is 9.69. The van der Waals surface area contributed by atoms with Crippen molar-refractivity contribution in [2.24, 2.45) is 0 Å². The molecule has 1 atom stereocenters. The quantitative estimate of drug-likeness (QED) is 0.154. The Hall–Kier alpha value is -7.37. The molecule has 5 nitrogen and oxygen atoms in total. The smallest absolute Gasteiger partial charge is 0.164 e. The van der Waals surface area contributed by atoms with Gasteiger partial charge in [0, 0.05) is 49.6 Å². The van der Waals surface area contributed by atoms with E-state index >= 15 is 0 Å². The van der Waals surface area contributed by atoms with Crippen molar-refractivity contribution in [3.63, 3.8) is 0 Å². The number of rotatable bonds is 8. The van der Waals surface area contributed by atoms with E-state index in [2.05, 4.69) is 187 Å². The summed E-state index contributed by atoms with van der Waals surface area (Å²) in [6, 6.07) is 59.3. The standard InChI is InChI=1S/C55H43N5/c1-3-36(2)37-22-28-43(29-23-37)59-50-21-13-11-19-46(50)48-34-41(27-33-51(48)59)42-26-32-47-45-18-10-12-20-49(45)60(52(47)35-42)44-30-24-40(25-31-44)55-57-53(38-14-6-4-7-15-38)56-54(58-55)39-16-8-5-9-17-39/h4,6-8,10-36H,3,5,9H2,1-2H3. The molecule has 0 amide bonds. The van der Waals surface area contributed by atoms with Gasteiger partial charge in [0.2, 0.25) is 0 Å². The third kappa shape index (κ3) is 6.13. The molecular weight excluding hydrogens is 731 g/mol. The van der Waals surface area contributed by atoms with Crippen molar-refractivity contribution < 1.29 is 0 Å². The predicted octanol–water partition coefficient (Wildman–Crippen LogP) is 14.3. The molecule has 60 heavy (non-hydrogen) atoms. The average Bonchev–Trinajstić information content (AvgIpc) is 3.84. The number of hydrogen-bond donors (Lipinski definition) is 0. The van der Waals surface area contributed by atoms with E-state index in [0.717, 1.165) is 47.2 Å². The highest BCUT2D eigenvalue weighted by molar-refractivity contribution is 6.12. The van der Waals surface area contributed by atoms with Gasteiger partial charge in [-0.25, -0.2) is 15.0 Å². The summed E-state index contributed by atoms with van der Waals surface area (Å²) in [6.45, 7) is 4.55. The van der Waals surface area contributed by atoms with Gasteiger partial charge in [0.25, 0.3) is 0 Å². The molecule has 288 valence electrons. The summed E-state index contributed by atoms with van der Waals surface area (Å²) in [5, 5.41) is 4.95. The molecule has 0 saturated heterocycles. The van der Waals surface area contributed by atoms with Gasteiger partial charge in [0.05, 0.1) is 22.1 Å². The van der Waals surface area contributed by atoms with Crippen molar-refractivity contribution >= 4 is 49.2 Å². The van der Waals surface area contributed by atoms with Crippen LogP contribution < -0.4 is 0 Å². The SMILES string of the molecule is CCC(C)c1ccc(-n2c3ccccc3c3cc(-c4ccc5c6ccccc6n(-c6ccc(-c7nc(C8=CCCC=C8)nc(-c8ccccc8)n7)cc6)c5c4)ccc32)cc1. The third-order valence-electron chi connectivity index (χ3n) is 12.3. The molecule has 7 aromatic carbocycles. The maximum Gasteiger partial charge on any atom is 0.164 e. The first-order valence-corrected chi connectivity index (χ1v) is 21.1. The maximum atomic E-state index is 5.01. The molecule has 1 aliphatic carbocycles. The molecular formula is C55H43N5. The van der Waals surface area contributed by atoms with E-state index in [1.807, 2.05) is 18.2 Å². The van der Waals surface area contributed by atoms with Gasteiger partial charge in [-0.3, -0.25) is 0 Å². The Labute approximate surface area is 349 Å². The van der Waals surface area contributed by atoms with Gasteiger partial charge in [-0.1, -0.05) is 129 Å². The molecule has 1 aliphatic rings. The second kappa shape index (κ2) is 14.8. The van der Waals surface area contributed by atoms with E-state index in [-0.39, 0.29) is 0 Å². The first-order chi connectivity index (χ1) is 29.6. The summed E-state index contributed by atoms with van der Waals surface area (Å²) in [5.74, 6) is 2.58. The van der Waals surface area contributed by atoms with Gasteiger partial charge in [-0.05, 0) is 109 Å². The second-order valence-electron chi connectivity index (χ2n) is 15.9. The fraction of sp³-hybridized carbons (Fsp3) is 0.109. The molecule has 3 heterocycles. The van der Waals surface area contributed by atoms with Gasteiger partial charge in [-0.15, -0.1) is 0 Å². The zero-order chi connectivity index (χ0) is 40.2. The average molecular weight is 774 g/mol. The van der Waals surface area contributed by atoms with Crippen molar-refractivity contribution in [1.82, 2.24) is 24.1 Å². The fourth-order valence-corrected chi connectivity index (χ4v) is 8.94. The molecule has 0 saturated carbocycles. The van der Waals surface area contributed by atoms with Gasteiger partial charge >= 0.3 is 0 Å². The lowest BCUT2D eigenvalue weighted by molar-refractivity contribution is 0.733. The van der Waals surface area contributed by atoms with Crippen molar-refractivity contribution in [3.8, 4) is 45.3 Å². The van der Waals surface area contributed by atoms with Crippen LogP contribution in [0.4, 0.5) is 0 Å². The number of nitrogens with zero attached hydrogens (tertiary/aromatic N) is 5. The molecule has 0 radical (unpaired) electrons. The topological polar surface area (TPSA) is 48.5 Å². The van der Waals surface area contributed by atoms with E-state index in [1.54, 1.807) is 0 Å². The van der Waals surface area contributed by atoms with E-state index in [0.29, 0.717) is 23.4 Å². The molecule has 0 fully saturated rings. The van der Waals surface area contributed by atoms with E-state index in [9.17, 15) is 0 Å². The van der Waals surface area contributed by atoms with E-state index in [1.165, 1.54) is 60.5 Å². The Morgan fingerprint density at radius 3 is 1.68 bits per heavy atom. The summed E-state index contributed by atoms with van der Waals surface area (Å²) in [7, 11) is 0. The molecule has 5 heteroatoms. The van der Waals surface area contributed by atoms with Crippen LogP contribution in [0.3, 0.4) is 0 Å². The van der Waals surface area contributed by atoms with Crippen LogP contribution in [0.25, 0.3) is 94.5 Å². The largest absolute Gasteiger partial charge is 0.309 e. The highest BCUT2D eigenvalue weighted by atomic mass is 15.0. The summed E-state index contributed by atoms with van der Waals surface area (Å²) in [5.41, 5.74) is 13.7. The number of para-hydroxylation sites is 2. The van der Waals surface area contributed by atoms with Crippen LogP contribution in [0.15, 0.2) is 182 Å². The van der Waals surface area contributed by atoms with Crippen molar-refractivity contribution in [3.05, 3.63) is 193 Å². The third-order valence-corrected chi connectivity index (χ3v) is 12.3. The zero-order valence-electron chi connectivity index (χ0n) is 33.8. The summed E-state index contributed by atoms with van der Waals surface area (Å²) >= 11 is 0. The Bertz CT molecular complexity index is 3290. The Kier molecular flexibility index (Phi) is 8.81. The minimum absolute atomic E-state index is 0.543. The molecule has 3 aromatic heterocycles. The molecule has 11 rings (SSSR count). The van der Waals surface area contributed by atoms with Crippen LogP contribution in [-0.4, -0.2) is 24.1 Å². The van der Waals surface area contributed by atoms with Crippen LogP contribution in [0.1, 0.15) is 50.4 Å². The van der Waals surface area contributed by atoms with Gasteiger partial charge in [0.15, 0.2) is 17.5 Å². The molecule has 0 N–H and O–H groups in total. The predicted molar refractivity (Wildman–Crippen MR) is 250 cm³/mol. The number of hydrogen-bond acceptors (Lipinski definition) is 3. The summed E-state index contributed by atoms with van der Waals surface area (Å²) in [4.78, 5) is 14.9. The minimum Gasteiger partial charge on any atom is -0.309 e. The van der Waals surface area contributed by atoms with E-state index in [4.69, 9.17) is 15.0 Å². The number of allylic oxidation sites excluding steroid dienone is 4. The van der Waals surface area contributed by atoms with Crippen LogP contribution in [-0.2, 0) is 0 Å². The number of fused-ring (bicyclic) bond motifs is 6. The molecule has 0 spiro atoms. The molecule has 1 unspecified atom stereocenters. The van der Waals surface area contributed by atoms with Gasteiger partial charge in [0.1, 0.15) is 0 Å². The van der Waals surface area contributed by atoms with Gasteiger partial charge < -0.3 is 9.13 Å². The Balaban J connectivity index is 1.01. The first-order valence-electron chi connectivity index (χ1n) is 21.1. The van der Waals surface area contributed by atoms with Crippen molar-refractivity contribution in [2.45, 2.75) is 39.0 Å². The molecule has 0 aliphatic heterocycles. The molecule has 0 bridgehead atoms. The first kappa shape index (κ1) is 35.8. The van der Waals surface area contributed by atoms with Crippen LogP contribution >= 0.6 is 0 Å². The Morgan fingerprint density at radius 1 is 0.467 bits per heavy atom. The lowest BCUT2D eigenvalue weighted by atomic mass is 9.98. The minimum atomic E-state index is 0.543. The van der Waals surface area contributed by atoms with Crippen molar-refractivity contribution in [2.75, 3.05) is 0 Å². The summed E-state index contributed by atoms with van der Waals surface area (Å²) < 4.78 is 4.79. The normalized spacial score (nSPS) is 13.4. The second-order valence-corrected chi connectivity index (χ2v) is 15.9. The zero-order valence-corrected chi connectivity index (χ0v) is 33.8. The van der Waals surface area contributed by atoms with Gasteiger partial charge in [-0.2, -0.15) is 0 Å². The Morgan fingerprint density at radius 2 is 1.00 bits per heavy atom. The lowest BCUT2D eigenvalue weighted by Crippen LogP contribution is -2.03.